The highest BCUT2D eigenvalue weighted by molar-refractivity contribution is 8.02. The standard InChI is InChI=1S/C28H34N2O5S/c1-2-3-8-15-29-16-10-14-28-23(22-21(36-28)13-7-9-17-35-27(22)34)25(32)30(24(28)26(29)33)20(18-31)19-11-5-4-6-12-19/h4-7,10-14,20-24,31H,2-3,8-9,15-18H2,1H3/t20-,21-,22+,23+,24?,28+/m1/s1. The van der Waals surface area contributed by atoms with Crippen LogP contribution in [0.3, 0.4) is 0 Å². The number of benzene rings is 1. The zero-order valence-electron chi connectivity index (χ0n) is 20.6. The third kappa shape index (κ3) is 4.08. The van der Waals surface area contributed by atoms with Gasteiger partial charge in [-0.05, 0) is 18.4 Å². The number of unbranched alkanes of at least 4 members (excludes halogenated alkanes) is 2. The van der Waals surface area contributed by atoms with Crippen LogP contribution in [0.4, 0.5) is 0 Å². The molecular formula is C28H34N2O5S. The number of amides is 2. The molecule has 36 heavy (non-hydrogen) atoms. The molecular weight excluding hydrogens is 476 g/mol. The number of thioether (sulfide) groups is 1. The molecule has 2 saturated heterocycles. The Morgan fingerprint density at radius 3 is 2.69 bits per heavy atom. The van der Waals surface area contributed by atoms with Crippen molar-refractivity contribution in [1.82, 2.24) is 9.80 Å². The van der Waals surface area contributed by atoms with Crippen LogP contribution in [0.5, 0.6) is 0 Å². The molecule has 1 aromatic carbocycles. The lowest BCUT2D eigenvalue weighted by molar-refractivity contribution is -0.153. The van der Waals surface area contributed by atoms with Gasteiger partial charge in [-0.2, -0.15) is 0 Å². The molecule has 1 N–H and O–H groups in total. The Balaban J connectivity index is 1.62. The summed E-state index contributed by atoms with van der Waals surface area (Å²) in [6.45, 7) is 3.19. The van der Waals surface area contributed by atoms with E-state index in [2.05, 4.69) is 6.92 Å². The minimum absolute atomic E-state index is 0.111. The van der Waals surface area contributed by atoms with Crippen molar-refractivity contribution in [2.45, 2.75) is 54.7 Å². The number of aliphatic hydroxyl groups is 1. The molecule has 2 amide bonds. The monoisotopic (exact) mass is 510 g/mol. The third-order valence-electron chi connectivity index (χ3n) is 7.87. The number of likely N-dealkylation sites (tertiary alicyclic amines) is 1. The van der Waals surface area contributed by atoms with Crippen LogP contribution < -0.4 is 0 Å². The van der Waals surface area contributed by atoms with Gasteiger partial charge in [-0.15, -0.1) is 11.8 Å². The van der Waals surface area contributed by atoms with Crippen molar-refractivity contribution in [3.63, 3.8) is 0 Å². The van der Waals surface area contributed by atoms with E-state index < -0.39 is 28.7 Å². The lowest BCUT2D eigenvalue weighted by Gasteiger charge is -2.38. The number of carbonyl (C=O) groups is 3. The van der Waals surface area contributed by atoms with E-state index in [0.29, 0.717) is 19.5 Å². The molecule has 1 spiro atoms. The minimum Gasteiger partial charge on any atom is -0.465 e. The van der Waals surface area contributed by atoms with Gasteiger partial charge in [-0.3, -0.25) is 14.4 Å². The summed E-state index contributed by atoms with van der Waals surface area (Å²) in [5, 5.41) is 10.3. The van der Waals surface area contributed by atoms with Crippen molar-refractivity contribution in [1.29, 1.82) is 0 Å². The number of esters is 1. The highest BCUT2D eigenvalue weighted by atomic mass is 32.2. The second-order valence-electron chi connectivity index (χ2n) is 9.97. The molecule has 0 bridgehead atoms. The molecule has 1 unspecified atom stereocenters. The van der Waals surface area contributed by atoms with Crippen molar-refractivity contribution in [2.75, 3.05) is 26.3 Å². The summed E-state index contributed by atoms with van der Waals surface area (Å²) in [5.74, 6) is -2.16. The number of hydrogen-bond donors (Lipinski definition) is 1. The zero-order chi connectivity index (χ0) is 25.3. The van der Waals surface area contributed by atoms with Gasteiger partial charge in [-0.25, -0.2) is 0 Å². The lowest BCUT2D eigenvalue weighted by atomic mass is 9.78. The summed E-state index contributed by atoms with van der Waals surface area (Å²) < 4.78 is 4.63. The third-order valence-corrected chi connectivity index (χ3v) is 9.61. The van der Waals surface area contributed by atoms with Gasteiger partial charge in [0, 0.05) is 18.3 Å². The number of cyclic esters (lactones) is 1. The zero-order valence-corrected chi connectivity index (χ0v) is 21.4. The number of fused-ring (bicyclic) bond motifs is 2. The molecule has 5 rings (SSSR count). The summed E-state index contributed by atoms with van der Waals surface area (Å²) in [6.07, 6.45) is 11.6. The quantitative estimate of drug-likeness (QED) is 0.345. The average Bonchev–Trinajstić information content (AvgIpc) is 3.26. The molecule has 4 heterocycles. The predicted octanol–water partition coefficient (Wildman–Crippen LogP) is 3.11. The lowest BCUT2D eigenvalue weighted by Crippen LogP contribution is -2.54. The van der Waals surface area contributed by atoms with Crippen LogP contribution in [0.2, 0.25) is 0 Å². The Morgan fingerprint density at radius 2 is 1.94 bits per heavy atom. The molecule has 7 nitrogen and oxygen atoms in total. The second kappa shape index (κ2) is 10.4. The number of carbonyl (C=O) groups excluding carboxylic acids is 3. The molecule has 2 fully saturated rings. The molecule has 1 aromatic rings. The fraction of sp³-hybridized carbons (Fsp3) is 0.536. The smallest absolute Gasteiger partial charge is 0.311 e. The topological polar surface area (TPSA) is 87.2 Å². The van der Waals surface area contributed by atoms with Gasteiger partial charge in [0.2, 0.25) is 11.8 Å². The van der Waals surface area contributed by atoms with Gasteiger partial charge >= 0.3 is 5.97 Å². The fourth-order valence-corrected chi connectivity index (χ4v) is 8.20. The van der Waals surface area contributed by atoms with E-state index in [9.17, 15) is 19.5 Å². The van der Waals surface area contributed by atoms with E-state index in [1.54, 1.807) is 4.90 Å². The molecule has 0 radical (unpaired) electrons. The van der Waals surface area contributed by atoms with Crippen LogP contribution in [-0.4, -0.2) is 75.0 Å². The first-order valence-corrected chi connectivity index (χ1v) is 13.9. The van der Waals surface area contributed by atoms with Crippen molar-refractivity contribution in [2.24, 2.45) is 11.8 Å². The van der Waals surface area contributed by atoms with Crippen LogP contribution in [0.15, 0.2) is 54.6 Å². The van der Waals surface area contributed by atoms with Gasteiger partial charge in [0.05, 0.1) is 35.8 Å². The number of rotatable bonds is 7. The van der Waals surface area contributed by atoms with Crippen LogP contribution in [-0.2, 0) is 19.1 Å². The number of nitrogens with zero attached hydrogens (tertiary/aromatic N) is 2. The summed E-state index contributed by atoms with van der Waals surface area (Å²) in [5.41, 5.74) is 0.767. The van der Waals surface area contributed by atoms with Crippen LogP contribution in [0.1, 0.15) is 44.2 Å². The van der Waals surface area contributed by atoms with Gasteiger partial charge < -0.3 is 19.6 Å². The van der Waals surface area contributed by atoms with E-state index in [4.69, 9.17) is 4.74 Å². The SMILES string of the molecule is CCCCCN1CC=C[C@]23S[C@@H]4C=CCCOC(=O)[C@@H]4[C@H]2C(=O)N([C@H](CO)c2ccccc2)C3C1=O. The average molecular weight is 511 g/mol. The second-order valence-corrected chi connectivity index (χ2v) is 11.5. The Bertz CT molecular complexity index is 1060. The molecule has 6 atom stereocenters. The van der Waals surface area contributed by atoms with E-state index >= 15 is 0 Å². The number of ether oxygens (including phenoxy) is 1. The molecule has 192 valence electrons. The Hall–Kier alpha value is -2.58. The van der Waals surface area contributed by atoms with Crippen LogP contribution >= 0.6 is 11.8 Å². The highest BCUT2D eigenvalue weighted by Gasteiger charge is 2.71. The molecule has 0 saturated carbocycles. The summed E-state index contributed by atoms with van der Waals surface area (Å²) in [7, 11) is 0. The first-order valence-electron chi connectivity index (χ1n) is 13.0. The van der Waals surface area contributed by atoms with Gasteiger partial charge in [0.1, 0.15) is 6.04 Å². The summed E-state index contributed by atoms with van der Waals surface area (Å²) >= 11 is 1.53. The maximum absolute atomic E-state index is 14.3. The Morgan fingerprint density at radius 1 is 1.14 bits per heavy atom. The molecule has 8 heteroatoms. The van der Waals surface area contributed by atoms with E-state index in [1.807, 2.05) is 59.5 Å². The first-order chi connectivity index (χ1) is 17.5. The summed E-state index contributed by atoms with van der Waals surface area (Å²) in [4.78, 5) is 45.2. The largest absolute Gasteiger partial charge is 0.465 e. The maximum Gasteiger partial charge on any atom is 0.311 e. The normalized spacial score (nSPS) is 32.3. The number of aliphatic hydroxyl groups excluding tert-OH is 1. The Labute approximate surface area is 216 Å². The first kappa shape index (κ1) is 25.1. The van der Waals surface area contributed by atoms with Crippen molar-refractivity contribution < 1.29 is 24.2 Å². The van der Waals surface area contributed by atoms with Crippen molar-refractivity contribution in [3.05, 3.63) is 60.2 Å². The van der Waals surface area contributed by atoms with Crippen molar-refractivity contribution >= 4 is 29.5 Å². The molecule has 4 aliphatic rings. The van der Waals surface area contributed by atoms with Gasteiger partial charge in [-0.1, -0.05) is 74.4 Å². The number of hydrogen-bond acceptors (Lipinski definition) is 6. The van der Waals surface area contributed by atoms with E-state index in [0.717, 1.165) is 24.8 Å². The summed E-state index contributed by atoms with van der Waals surface area (Å²) in [6, 6.07) is 7.85. The molecule has 0 aromatic heterocycles. The Kier molecular flexibility index (Phi) is 7.26. The van der Waals surface area contributed by atoms with Gasteiger partial charge in [0.25, 0.3) is 0 Å². The van der Waals surface area contributed by atoms with Crippen LogP contribution in [0.25, 0.3) is 0 Å². The van der Waals surface area contributed by atoms with Gasteiger partial charge in [0.15, 0.2) is 0 Å². The van der Waals surface area contributed by atoms with E-state index in [1.165, 1.54) is 11.8 Å². The maximum atomic E-state index is 14.3. The van der Waals surface area contributed by atoms with Crippen LogP contribution in [0, 0.1) is 11.8 Å². The van der Waals surface area contributed by atoms with E-state index in [-0.39, 0.29) is 36.2 Å². The highest BCUT2D eigenvalue weighted by Crippen LogP contribution is 2.61. The predicted molar refractivity (Wildman–Crippen MR) is 138 cm³/mol. The minimum atomic E-state index is -0.904. The fourth-order valence-electron chi connectivity index (χ4n) is 6.21. The molecule has 4 aliphatic heterocycles. The van der Waals surface area contributed by atoms with Crippen molar-refractivity contribution in [3.8, 4) is 0 Å². The molecule has 0 aliphatic carbocycles.